The van der Waals surface area contributed by atoms with E-state index in [0.29, 0.717) is 5.92 Å². The molecule has 0 N–H and O–H groups in total. The zero-order chi connectivity index (χ0) is 11.8. The normalized spacial score (nSPS) is 19.4. The zero-order valence-corrected chi connectivity index (χ0v) is 10.6. The molecule has 2 rings (SSSR count). The lowest BCUT2D eigenvalue weighted by molar-refractivity contribution is 0.590. The third-order valence-electron chi connectivity index (χ3n) is 3.11. The van der Waals surface area contributed by atoms with E-state index in [9.17, 15) is 0 Å². The standard InChI is InChI=1S/C16H20/c1-12-5-7-13-9-10-15(16(2,3)4)11-14(13)8-6-12/h5-12H,1-4H3. The van der Waals surface area contributed by atoms with Crippen LogP contribution in [0.3, 0.4) is 0 Å². The topological polar surface area (TPSA) is 0 Å². The van der Waals surface area contributed by atoms with Gasteiger partial charge < -0.3 is 0 Å². The quantitative estimate of drug-likeness (QED) is 0.586. The van der Waals surface area contributed by atoms with Crippen molar-refractivity contribution in [1.29, 1.82) is 0 Å². The zero-order valence-electron chi connectivity index (χ0n) is 10.6. The van der Waals surface area contributed by atoms with Crippen LogP contribution in [0.25, 0.3) is 12.2 Å². The number of allylic oxidation sites excluding steroid dienone is 2. The van der Waals surface area contributed by atoms with Crippen LogP contribution in [0.4, 0.5) is 0 Å². The molecular formula is C16H20. The predicted octanol–water partition coefficient (Wildman–Crippen LogP) is 4.66. The lowest BCUT2D eigenvalue weighted by Crippen LogP contribution is -2.11. The van der Waals surface area contributed by atoms with E-state index in [4.69, 9.17) is 0 Å². The molecule has 0 saturated heterocycles. The maximum Gasteiger partial charge on any atom is -0.00752 e. The van der Waals surface area contributed by atoms with E-state index < -0.39 is 0 Å². The minimum Gasteiger partial charge on any atom is -0.0773 e. The molecule has 0 aliphatic heterocycles. The predicted molar refractivity (Wildman–Crippen MR) is 72.4 cm³/mol. The Bertz CT molecular complexity index is 442. The Morgan fingerprint density at radius 1 is 0.938 bits per heavy atom. The molecule has 0 heterocycles. The van der Waals surface area contributed by atoms with Crippen molar-refractivity contribution in [3.8, 4) is 0 Å². The van der Waals surface area contributed by atoms with Gasteiger partial charge in [0.2, 0.25) is 0 Å². The first kappa shape index (κ1) is 11.2. The van der Waals surface area contributed by atoms with Crippen molar-refractivity contribution in [2.75, 3.05) is 0 Å². The SMILES string of the molecule is CC1C=Cc2ccc(C(C)(C)C)cc2C=C1. The summed E-state index contributed by atoms with van der Waals surface area (Å²) in [5.74, 6) is 0.533. The second-order valence-corrected chi connectivity index (χ2v) is 5.67. The van der Waals surface area contributed by atoms with Crippen molar-refractivity contribution in [3.63, 3.8) is 0 Å². The molecule has 0 nitrogen and oxygen atoms in total. The third kappa shape index (κ3) is 2.27. The summed E-state index contributed by atoms with van der Waals surface area (Å²) >= 11 is 0. The van der Waals surface area contributed by atoms with Gasteiger partial charge in [0, 0.05) is 0 Å². The molecule has 0 saturated carbocycles. The lowest BCUT2D eigenvalue weighted by atomic mass is 9.85. The Kier molecular flexibility index (Phi) is 2.75. The molecule has 1 aromatic carbocycles. The number of hydrogen-bond acceptors (Lipinski definition) is 0. The summed E-state index contributed by atoms with van der Waals surface area (Å²) in [5, 5.41) is 0. The van der Waals surface area contributed by atoms with Gasteiger partial charge in [-0.2, -0.15) is 0 Å². The van der Waals surface area contributed by atoms with Gasteiger partial charge in [0.25, 0.3) is 0 Å². The fraction of sp³-hybridized carbons (Fsp3) is 0.375. The summed E-state index contributed by atoms with van der Waals surface area (Å²) in [6, 6.07) is 6.79. The van der Waals surface area contributed by atoms with Gasteiger partial charge in [-0.3, -0.25) is 0 Å². The molecule has 0 radical (unpaired) electrons. The van der Waals surface area contributed by atoms with Crippen molar-refractivity contribution in [2.45, 2.75) is 33.1 Å². The summed E-state index contributed by atoms with van der Waals surface area (Å²) < 4.78 is 0. The monoisotopic (exact) mass is 212 g/mol. The molecule has 84 valence electrons. The second-order valence-electron chi connectivity index (χ2n) is 5.67. The van der Waals surface area contributed by atoms with E-state index in [2.05, 4.69) is 70.2 Å². The van der Waals surface area contributed by atoms with Crippen LogP contribution in [0.2, 0.25) is 0 Å². The smallest absolute Gasteiger partial charge is 0.00752 e. The Morgan fingerprint density at radius 2 is 1.56 bits per heavy atom. The van der Waals surface area contributed by atoms with Crippen molar-refractivity contribution in [2.24, 2.45) is 5.92 Å². The summed E-state index contributed by atoms with van der Waals surface area (Å²) in [4.78, 5) is 0. The van der Waals surface area contributed by atoms with Crippen LogP contribution in [0.15, 0.2) is 30.4 Å². The molecule has 0 spiro atoms. The molecule has 1 unspecified atom stereocenters. The van der Waals surface area contributed by atoms with Crippen LogP contribution in [0, 0.1) is 5.92 Å². The van der Waals surface area contributed by atoms with E-state index in [1.807, 2.05) is 0 Å². The van der Waals surface area contributed by atoms with Crippen molar-refractivity contribution >= 4 is 12.2 Å². The molecule has 0 fully saturated rings. The highest BCUT2D eigenvalue weighted by Crippen LogP contribution is 2.27. The third-order valence-corrected chi connectivity index (χ3v) is 3.11. The van der Waals surface area contributed by atoms with Gasteiger partial charge in [0.15, 0.2) is 0 Å². The molecule has 0 amide bonds. The molecule has 1 aliphatic rings. The average Bonchev–Trinajstić information content (AvgIpc) is 2.39. The van der Waals surface area contributed by atoms with Gasteiger partial charge in [-0.25, -0.2) is 0 Å². The first-order chi connectivity index (χ1) is 7.47. The Morgan fingerprint density at radius 3 is 2.19 bits per heavy atom. The summed E-state index contributed by atoms with van der Waals surface area (Å²) in [7, 11) is 0. The molecule has 0 bridgehead atoms. The highest BCUT2D eigenvalue weighted by Gasteiger charge is 2.14. The Balaban J connectivity index is 2.48. The van der Waals surface area contributed by atoms with Gasteiger partial charge in [-0.1, -0.05) is 70.2 Å². The minimum absolute atomic E-state index is 0.227. The van der Waals surface area contributed by atoms with Crippen LogP contribution >= 0.6 is 0 Å². The van der Waals surface area contributed by atoms with E-state index in [1.54, 1.807) is 0 Å². The van der Waals surface area contributed by atoms with Gasteiger partial charge >= 0.3 is 0 Å². The highest BCUT2D eigenvalue weighted by atomic mass is 14.2. The maximum absolute atomic E-state index is 2.31. The lowest BCUT2D eigenvalue weighted by Gasteiger charge is -2.20. The van der Waals surface area contributed by atoms with E-state index in [0.717, 1.165) is 0 Å². The number of benzene rings is 1. The number of rotatable bonds is 0. The minimum atomic E-state index is 0.227. The summed E-state index contributed by atoms with van der Waals surface area (Å²) in [6.45, 7) is 8.98. The second kappa shape index (κ2) is 3.93. The van der Waals surface area contributed by atoms with Gasteiger partial charge in [-0.05, 0) is 28.0 Å². The summed E-state index contributed by atoms with van der Waals surface area (Å²) in [6.07, 6.45) is 8.98. The first-order valence-corrected chi connectivity index (χ1v) is 5.98. The van der Waals surface area contributed by atoms with E-state index >= 15 is 0 Å². The number of hydrogen-bond donors (Lipinski definition) is 0. The first-order valence-electron chi connectivity index (χ1n) is 5.98. The van der Waals surface area contributed by atoms with Crippen molar-refractivity contribution in [1.82, 2.24) is 0 Å². The summed E-state index contributed by atoms with van der Waals surface area (Å²) in [5.41, 5.74) is 4.30. The van der Waals surface area contributed by atoms with Crippen molar-refractivity contribution < 1.29 is 0 Å². The van der Waals surface area contributed by atoms with Gasteiger partial charge in [-0.15, -0.1) is 0 Å². The van der Waals surface area contributed by atoms with E-state index in [-0.39, 0.29) is 5.41 Å². The molecule has 16 heavy (non-hydrogen) atoms. The fourth-order valence-electron chi connectivity index (χ4n) is 1.91. The van der Waals surface area contributed by atoms with Crippen LogP contribution in [-0.4, -0.2) is 0 Å². The maximum atomic E-state index is 2.31. The Hall–Kier alpha value is -1.30. The molecule has 0 aromatic heterocycles. The highest BCUT2D eigenvalue weighted by molar-refractivity contribution is 5.68. The van der Waals surface area contributed by atoms with E-state index in [1.165, 1.54) is 16.7 Å². The molecule has 1 aliphatic carbocycles. The molecule has 0 heteroatoms. The van der Waals surface area contributed by atoms with Crippen molar-refractivity contribution in [3.05, 3.63) is 47.0 Å². The Labute approximate surface area is 98.7 Å². The van der Waals surface area contributed by atoms with Gasteiger partial charge in [0.1, 0.15) is 0 Å². The largest absolute Gasteiger partial charge is 0.0773 e. The van der Waals surface area contributed by atoms with Crippen LogP contribution < -0.4 is 0 Å². The number of fused-ring (bicyclic) bond motifs is 1. The fourth-order valence-corrected chi connectivity index (χ4v) is 1.91. The van der Waals surface area contributed by atoms with Crippen LogP contribution in [-0.2, 0) is 5.41 Å². The molecule has 1 aromatic rings. The molecular weight excluding hydrogens is 192 g/mol. The van der Waals surface area contributed by atoms with Crippen LogP contribution in [0.1, 0.15) is 44.4 Å². The van der Waals surface area contributed by atoms with Gasteiger partial charge in [0.05, 0.1) is 0 Å². The molecule has 1 atom stereocenters. The van der Waals surface area contributed by atoms with Crippen LogP contribution in [0.5, 0.6) is 0 Å². The average molecular weight is 212 g/mol.